The van der Waals surface area contributed by atoms with Gasteiger partial charge in [0.05, 0.1) is 26.2 Å². The number of esters is 1. The van der Waals surface area contributed by atoms with Gasteiger partial charge in [0.25, 0.3) is 0 Å². The summed E-state index contributed by atoms with van der Waals surface area (Å²) in [6, 6.07) is 7.54. The number of rotatable bonds is 5. The molecule has 1 aromatic heterocycles. The van der Waals surface area contributed by atoms with Crippen molar-refractivity contribution in [2.75, 3.05) is 27.3 Å². The van der Waals surface area contributed by atoms with Gasteiger partial charge in [-0.2, -0.15) is 0 Å². The number of nitrogens with zero attached hydrogens (tertiary/aromatic N) is 2. The summed E-state index contributed by atoms with van der Waals surface area (Å²) in [6.45, 7) is 3.15. The molecular formula is C22H28N2O5. The highest BCUT2D eigenvalue weighted by Gasteiger charge is 2.26. The number of ether oxygens (including phenoxy) is 2. The van der Waals surface area contributed by atoms with Gasteiger partial charge in [-0.05, 0) is 43.2 Å². The van der Waals surface area contributed by atoms with Crippen molar-refractivity contribution in [3.8, 4) is 0 Å². The first kappa shape index (κ1) is 20.9. The van der Waals surface area contributed by atoms with E-state index in [1.54, 1.807) is 11.5 Å². The van der Waals surface area contributed by atoms with Crippen LogP contribution in [0, 0.1) is 5.92 Å². The Kier molecular flexibility index (Phi) is 6.56. The highest BCUT2D eigenvalue weighted by atomic mass is 16.5. The number of amides is 1. The Morgan fingerprint density at radius 3 is 2.38 bits per heavy atom. The zero-order chi connectivity index (χ0) is 21.0. The fourth-order valence-corrected chi connectivity index (χ4v) is 4.21. The number of fused-ring (bicyclic) bond motifs is 1. The van der Waals surface area contributed by atoms with E-state index in [0.717, 1.165) is 54.5 Å². The third-order valence-corrected chi connectivity index (χ3v) is 5.84. The second-order valence-corrected chi connectivity index (χ2v) is 7.49. The van der Waals surface area contributed by atoms with Crippen LogP contribution in [-0.4, -0.2) is 54.7 Å². The Morgan fingerprint density at radius 2 is 1.76 bits per heavy atom. The SMILES string of the molecule is COC(=O)Cc1c(CCC2CCN(C(C)=O)CC2)n(C(=O)OC)c2ccccc12. The molecule has 156 valence electrons. The van der Waals surface area contributed by atoms with E-state index in [1.165, 1.54) is 14.2 Å². The van der Waals surface area contributed by atoms with Crippen molar-refractivity contribution in [3.63, 3.8) is 0 Å². The average molecular weight is 400 g/mol. The summed E-state index contributed by atoms with van der Waals surface area (Å²) in [4.78, 5) is 38.0. The van der Waals surface area contributed by atoms with E-state index in [4.69, 9.17) is 9.47 Å². The van der Waals surface area contributed by atoms with Crippen LogP contribution in [0.2, 0.25) is 0 Å². The van der Waals surface area contributed by atoms with Gasteiger partial charge in [0, 0.05) is 31.1 Å². The summed E-state index contributed by atoms with van der Waals surface area (Å²) in [7, 11) is 2.72. The van der Waals surface area contributed by atoms with Gasteiger partial charge < -0.3 is 14.4 Å². The number of carbonyl (C=O) groups is 3. The van der Waals surface area contributed by atoms with E-state index in [1.807, 2.05) is 29.2 Å². The van der Waals surface area contributed by atoms with Gasteiger partial charge in [0.2, 0.25) is 5.91 Å². The highest BCUT2D eigenvalue weighted by molar-refractivity contribution is 5.95. The second-order valence-electron chi connectivity index (χ2n) is 7.49. The minimum absolute atomic E-state index is 0.110. The van der Waals surface area contributed by atoms with Gasteiger partial charge in [-0.25, -0.2) is 9.36 Å². The molecule has 2 heterocycles. The molecule has 0 spiro atoms. The predicted molar refractivity (Wildman–Crippen MR) is 109 cm³/mol. The number of hydrogen-bond acceptors (Lipinski definition) is 5. The molecule has 0 bridgehead atoms. The standard InChI is InChI=1S/C22H28N2O5/c1-15(25)23-12-10-16(11-13-23)8-9-20-18(14-21(26)28-2)17-6-4-5-7-19(17)24(20)22(27)29-3/h4-7,16H,8-14H2,1-3H3. The van der Waals surface area contributed by atoms with Gasteiger partial charge in [0.1, 0.15) is 0 Å². The third-order valence-electron chi connectivity index (χ3n) is 5.84. The molecule has 0 N–H and O–H groups in total. The van der Waals surface area contributed by atoms with E-state index in [2.05, 4.69) is 0 Å². The third kappa shape index (κ3) is 4.44. The maximum Gasteiger partial charge on any atom is 0.418 e. The fourth-order valence-electron chi connectivity index (χ4n) is 4.21. The topological polar surface area (TPSA) is 77.8 Å². The summed E-state index contributed by atoms with van der Waals surface area (Å²) < 4.78 is 11.5. The normalized spacial score (nSPS) is 14.8. The van der Waals surface area contributed by atoms with Crippen molar-refractivity contribution >= 4 is 28.9 Å². The number of piperidine rings is 1. The van der Waals surface area contributed by atoms with Crippen LogP contribution in [0.1, 0.15) is 37.4 Å². The lowest BCUT2D eigenvalue weighted by molar-refractivity contribution is -0.139. The highest BCUT2D eigenvalue weighted by Crippen LogP contribution is 2.30. The van der Waals surface area contributed by atoms with Crippen LogP contribution in [0.4, 0.5) is 4.79 Å². The zero-order valence-electron chi connectivity index (χ0n) is 17.3. The molecule has 3 rings (SSSR count). The minimum Gasteiger partial charge on any atom is -0.469 e. The number of methoxy groups -OCH3 is 2. The molecule has 0 aliphatic carbocycles. The predicted octanol–water partition coefficient (Wildman–Crippen LogP) is 3.16. The van der Waals surface area contributed by atoms with Gasteiger partial charge in [-0.3, -0.25) is 9.59 Å². The first-order chi connectivity index (χ1) is 14.0. The van der Waals surface area contributed by atoms with Crippen molar-refractivity contribution < 1.29 is 23.9 Å². The molecule has 1 saturated heterocycles. The molecule has 0 unspecified atom stereocenters. The Morgan fingerprint density at radius 1 is 1.07 bits per heavy atom. The molecule has 7 nitrogen and oxygen atoms in total. The van der Waals surface area contributed by atoms with Crippen molar-refractivity contribution in [3.05, 3.63) is 35.5 Å². The molecule has 0 saturated carbocycles. The van der Waals surface area contributed by atoms with Gasteiger partial charge in [0.15, 0.2) is 0 Å². The quantitative estimate of drug-likeness (QED) is 0.721. The van der Waals surface area contributed by atoms with Crippen molar-refractivity contribution in [1.29, 1.82) is 0 Å². The van der Waals surface area contributed by atoms with Crippen molar-refractivity contribution in [1.82, 2.24) is 9.47 Å². The molecule has 1 fully saturated rings. The van der Waals surface area contributed by atoms with E-state index >= 15 is 0 Å². The molecule has 2 aromatic rings. The summed E-state index contributed by atoms with van der Waals surface area (Å²) in [6.07, 6.45) is 3.08. The first-order valence-corrected chi connectivity index (χ1v) is 9.98. The number of hydrogen-bond donors (Lipinski definition) is 0. The first-order valence-electron chi connectivity index (χ1n) is 9.98. The summed E-state index contributed by atoms with van der Waals surface area (Å²) in [5.74, 6) is 0.254. The van der Waals surface area contributed by atoms with E-state index < -0.39 is 6.09 Å². The molecule has 29 heavy (non-hydrogen) atoms. The minimum atomic E-state index is -0.460. The van der Waals surface area contributed by atoms with Crippen LogP contribution in [-0.2, 0) is 31.9 Å². The smallest absolute Gasteiger partial charge is 0.418 e. The number of likely N-dealkylation sites (tertiary alicyclic amines) is 1. The lowest BCUT2D eigenvalue weighted by atomic mass is 9.90. The molecule has 1 aliphatic heterocycles. The fraction of sp³-hybridized carbons (Fsp3) is 0.500. The number of aromatic nitrogens is 1. The molecule has 1 aliphatic rings. The molecule has 1 amide bonds. The Hall–Kier alpha value is -2.83. The number of carbonyl (C=O) groups excluding carboxylic acids is 3. The van der Waals surface area contributed by atoms with Crippen LogP contribution >= 0.6 is 0 Å². The van der Waals surface area contributed by atoms with E-state index in [0.29, 0.717) is 12.3 Å². The Balaban J connectivity index is 1.90. The van der Waals surface area contributed by atoms with E-state index in [9.17, 15) is 14.4 Å². The summed E-state index contributed by atoms with van der Waals surface area (Å²) in [5, 5.41) is 0.865. The van der Waals surface area contributed by atoms with Crippen molar-refractivity contribution in [2.45, 2.75) is 39.0 Å². The number of benzene rings is 1. The van der Waals surface area contributed by atoms with Gasteiger partial charge in [-0.1, -0.05) is 18.2 Å². The Bertz CT molecular complexity index is 909. The zero-order valence-corrected chi connectivity index (χ0v) is 17.3. The molecule has 1 aromatic carbocycles. The molecular weight excluding hydrogens is 372 g/mol. The lowest BCUT2D eigenvalue weighted by Crippen LogP contribution is -2.37. The largest absolute Gasteiger partial charge is 0.469 e. The molecule has 0 atom stereocenters. The van der Waals surface area contributed by atoms with Crippen LogP contribution in [0.5, 0.6) is 0 Å². The van der Waals surface area contributed by atoms with Gasteiger partial charge in [-0.15, -0.1) is 0 Å². The van der Waals surface area contributed by atoms with Crippen LogP contribution in [0.25, 0.3) is 10.9 Å². The summed E-state index contributed by atoms with van der Waals surface area (Å²) in [5.41, 5.74) is 2.36. The van der Waals surface area contributed by atoms with Gasteiger partial charge >= 0.3 is 12.1 Å². The van der Waals surface area contributed by atoms with Crippen LogP contribution < -0.4 is 0 Å². The maximum atomic E-state index is 12.6. The lowest BCUT2D eigenvalue weighted by Gasteiger charge is -2.31. The van der Waals surface area contributed by atoms with Crippen LogP contribution in [0.3, 0.4) is 0 Å². The molecule has 0 radical (unpaired) electrons. The van der Waals surface area contributed by atoms with Crippen molar-refractivity contribution in [2.24, 2.45) is 5.92 Å². The monoisotopic (exact) mass is 400 g/mol. The van der Waals surface area contributed by atoms with Crippen LogP contribution in [0.15, 0.2) is 24.3 Å². The molecule has 7 heteroatoms. The average Bonchev–Trinajstić information content (AvgIpc) is 3.05. The Labute approximate surface area is 170 Å². The second kappa shape index (κ2) is 9.11. The van der Waals surface area contributed by atoms with E-state index in [-0.39, 0.29) is 18.3 Å². The maximum absolute atomic E-state index is 12.6. The summed E-state index contributed by atoms with van der Waals surface area (Å²) >= 11 is 0. The number of para-hydroxylation sites is 1.